The third-order valence-corrected chi connectivity index (χ3v) is 4.99. The second-order valence-electron chi connectivity index (χ2n) is 4.96. The van der Waals surface area contributed by atoms with Crippen LogP contribution in [0.2, 0.25) is 0 Å². The van der Waals surface area contributed by atoms with E-state index >= 15 is 0 Å². The Labute approximate surface area is 108 Å². The van der Waals surface area contributed by atoms with Crippen LogP contribution in [0, 0.1) is 0 Å². The molecule has 0 aromatic heterocycles. The molecule has 2 nitrogen and oxygen atoms in total. The van der Waals surface area contributed by atoms with Gasteiger partial charge < -0.3 is 10.8 Å². The number of aliphatic hydroxyl groups is 1. The fraction of sp³-hybridized carbons (Fsp3) is 0.571. The Kier molecular flexibility index (Phi) is 4.13. The lowest BCUT2D eigenvalue weighted by molar-refractivity contribution is 0.299. The van der Waals surface area contributed by atoms with Gasteiger partial charge in [-0.1, -0.05) is 38.1 Å². The number of rotatable bonds is 3. The van der Waals surface area contributed by atoms with Crippen LogP contribution in [0.3, 0.4) is 0 Å². The molecule has 0 amide bonds. The molecule has 0 bridgehead atoms. The zero-order chi connectivity index (χ0) is 12.4. The SMILES string of the molecule is CC(CO)SC1CC(C)c2ccccc2C1N. The standard InChI is InChI=1S/C14H21NOS/c1-9-7-13(17-10(2)8-16)14(15)12-6-4-3-5-11(9)12/h3-6,9-10,13-14,16H,7-8,15H2,1-2H3. The summed E-state index contributed by atoms with van der Waals surface area (Å²) in [6.07, 6.45) is 1.10. The van der Waals surface area contributed by atoms with Crippen molar-refractivity contribution in [2.24, 2.45) is 5.73 Å². The van der Waals surface area contributed by atoms with Crippen LogP contribution < -0.4 is 5.73 Å². The van der Waals surface area contributed by atoms with Gasteiger partial charge >= 0.3 is 0 Å². The van der Waals surface area contributed by atoms with Crippen molar-refractivity contribution in [1.82, 2.24) is 0 Å². The van der Waals surface area contributed by atoms with E-state index < -0.39 is 0 Å². The van der Waals surface area contributed by atoms with Crippen molar-refractivity contribution in [2.45, 2.75) is 42.7 Å². The van der Waals surface area contributed by atoms with E-state index in [0.717, 1.165) is 6.42 Å². The first-order valence-electron chi connectivity index (χ1n) is 6.24. The van der Waals surface area contributed by atoms with Crippen LogP contribution in [0.15, 0.2) is 24.3 Å². The maximum atomic E-state index is 9.15. The van der Waals surface area contributed by atoms with Crippen molar-refractivity contribution in [3.05, 3.63) is 35.4 Å². The molecule has 0 aliphatic heterocycles. The van der Waals surface area contributed by atoms with Gasteiger partial charge in [0.25, 0.3) is 0 Å². The Hall–Kier alpha value is -0.510. The van der Waals surface area contributed by atoms with Crippen molar-refractivity contribution in [3.63, 3.8) is 0 Å². The molecule has 1 aromatic rings. The largest absolute Gasteiger partial charge is 0.395 e. The molecule has 0 saturated carbocycles. The van der Waals surface area contributed by atoms with Crippen LogP contribution in [0.25, 0.3) is 0 Å². The summed E-state index contributed by atoms with van der Waals surface area (Å²) in [5.41, 5.74) is 9.04. The summed E-state index contributed by atoms with van der Waals surface area (Å²) in [6, 6.07) is 8.59. The molecule has 3 heteroatoms. The van der Waals surface area contributed by atoms with Crippen LogP contribution in [0.4, 0.5) is 0 Å². The van der Waals surface area contributed by atoms with E-state index in [1.54, 1.807) is 0 Å². The highest BCUT2D eigenvalue weighted by molar-refractivity contribution is 8.00. The average molecular weight is 251 g/mol. The van der Waals surface area contributed by atoms with E-state index in [0.29, 0.717) is 11.2 Å². The van der Waals surface area contributed by atoms with E-state index in [2.05, 4.69) is 38.1 Å². The number of nitrogens with two attached hydrogens (primary N) is 1. The summed E-state index contributed by atoms with van der Waals surface area (Å²) in [6.45, 7) is 4.55. The molecule has 3 N–H and O–H groups in total. The average Bonchev–Trinajstić information content (AvgIpc) is 2.35. The van der Waals surface area contributed by atoms with Crippen molar-refractivity contribution >= 4 is 11.8 Å². The first-order chi connectivity index (χ1) is 8.13. The van der Waals surface area contributed by atoms with Crippen LogP contribution in [0.1, 0.15) is 43.4 Å². The number of thioether (sulfide) groups is 1. The molecule has 2 rings (SSSR count). The summed E-state index contributed by atoms with van der Waals surface area (Å²) < 4.78 is 0. The van der Waals surface area contributed by atoms with Gasteiger partial charge in [-0.05, 0) is 23.5 Å². The smallest absolute Gasteiger partial charge is 0.0547 e. The highest BCUT2D eigenvalue weighted by Gasteiger charge is 2.31. The second-order valence-corrected chi connectivity index (χ2v) is 6.64. The van der Waals surface area contributed by atoms with E-state index in [4.69, 9.17) is 10.8 Å². The third-order valence-electron chi connectivity index (χ3n) is 3.54. The number of benzene rings is 1. The summed E-state index contributed by atoms with van der Waals surface area (Å²) in [5, 5.41) is 9.84. The maximum Gasteiger partial charge on any atom is 0.0547 e. The fourth-order valence-corrected chi connectivity index (χ4v) is 3.97. The lowest BCUT2D eigenvalue weighted by Crippen LogP contribution is -2.32. The summed E-state index contributed by atoms with van der Waals surface area (Å²) in [5.74, 6) is 0.564. The minimum absolute atomic E-state index is 0.0985. The van der Waals surface area contributed by atoms with Crippen molar-refractivity contribution in [2.75, 3.05) is 6.61 Å². The van der Waals surface area contributed by atoms with Gasteiger partial charge in [-0.15, -0.1) is 0 Å². The molecule has 94 valence electrons. The molecule has 0 fully saturated rings. The summed E-state index contributed by atoms with van der Waals surface area (Å²) in [4.78, 5) is 0. The zero-order valence-corrected chi connectivity index (χ0v) is 11.3. The Bertz CT molecular complexity index is 382. The molecule has 0 heterocycles. The maximum absolute atomic E-state index is 9.15. The highest BCUT2D eigenvalue weighted by Crippen LogP contribution is 2.42. The van der Waals surface area contributed by atoms with Gasteiger partial charge in [0.05, 0.1) is 6.61 Å². The molecule has 17 heavy (non-hydrogen) atoms. The van der Waals surface area contributed by atoms with E-state index in [9.17, 15) is 0 Å². The van der Waals surface area contributed by atoms with Crippen molar-refractivity contribution in [1.29, 1.82) is 0 Å². The lowest BCUT2D eigenvalue weighted by atomic mass is 9.81. The predicted octanol–water partition coefficient (Wildman–Crippen LogP) is 2.68. The van der Waals surface area contributed by atoms with E-state index in [1.165, 1.54) is 11.1 Å². The van der Waals surface area contributed by atoms with Crippen LogP contribution in [-0.4, -0.2) is 22.2 Å². The molecule has 1 aliphatic carbocycles. The molecule has 1 aromatic carbocycles. The van der Waals surface area contributed by atoms with Crippen molar-refractivity contribution in [3.8, 4) is 0 Å². The van der Waals surface area contributed by atoms with Crippen LogP contribution >= 0.6 is 11.8 Å². The fourth-order valence-electron chi connectivity index (χ4n) is 2.57. The molecule has 0 saturated heterocycles. The molecule has 0 radical (unpaired) electrons. The van der Waals surface area contributed by atoms with E-state index in [-0.39, 0.29) is 17.9 Å². The number of aliphatic hydroxyl groups excluding tert-OH is 1. The number of fused-ring (bicyclic) bond motifs is 1. The van der Waals surface area contributed by atoms with E-state index in [1.807, 2.05) is 11.8 Å². The third kappa shape index (κ3) is 2.67. The predicted molar refractivity (Wildman–Crippen MR) is 74.3 cm³/mol. The quantitative estimate of drug-likeness (QED) is 0.868. The van der Waals surface area contributed by atoms with Gasteiger partial charge in [-0.25, -0.2) is 0 Å². The number of hydrogen-bond donors (Lipinski definition) is 2. The summed E-state index contributed by atoms with van der Waals surface area (Å²) >= 11 is 1.82. The molecule has 4 atom stereocenters. The normalized spacial score (nSPS) is 29.8. The van der Waals surface area contributed by atoms with Gasteiger partial charge in [0.1, 0.15) is 0 Å². The number of hydrogen-bond acceptors (Lipinski definition) is 3. The Morgan fingerprint density at radius 3 is 2.71 bits per heavy atom. The first-order valence-corrected chi connectivity index (χ1v) is 7.18. The van der Waals surface area contributed by atoms with Gasteiger partial charge in [0.2, 0.25) is 0 Å². The minimum Gasteiger partial charge on any atom is -0.395 e. The highest BCUT2D eigenvalue weighted by atomic mass is 32.2. The first kappa shape index (κ1) is 12.9. The van der Waals surface area contributed by atoms with Crippen LogP contribution in [-0.2, 0) is 0 Å². The van der Waals surface area contributed by atoms with Gasteiger partial charge in [-0.2, -0.15) is 11.8 Å². The van der Waals surface area contributed by atoms with Crippen molar-refractivity contribution < 1.29 is 5.11 Å². The van der Waals surface area contributed by atoms with Crippen LogP contribution in [0.5, 0.6) is 0 Å². The molecule has 1 aliphatic rings. The van der Waals surface area contributed by atoms with Gasteiger partial charge in [0, 0.05) is 16.5 Å². The Morgan fingerprint density at radius 2 is 2.06 bits per heavy atom. The monoisotopic (exact) mass is 251 g/mol. The molecular formula is C14H21NOS. The second kappa shape index (κ2) is 5.42. The van der Waals surface area contributed by atoms with Gasteiger partial charge in [0.15, 0.2) is 0 Å². The molecule has 0 spiro atoms. The Morgan fingerprint density at radius 1 is 1.41 bits per heavy atom. The zero-order valence-electron chi connectivity index (χ0n) is 10.5. The Balaban J connectivity index is 2.20. The molecule has 4 unspecified atom stereocenters. The summed E-state index contributed by atoms with van der Waals surface area (Å²) in [7, 11) is 0. The van der Waals surface area contributed by atoms with Gasteiger partial charge in [-0.3, -0.25) is 0 Å². The lowest BCUT2D eigenvalue weighted by Gasteiger charge is -2.35. The molecular weight excluding hydrogens is 230 g/mol. The minimum atomic E-state index is 0.0985. The topological polar surface area (TPSA) is 46.2 Å².